The first-order valence-corrected chi connectivity index (χ1v) is 10.5. The molecule has 7 heteroatoms. The number of morpholine rings is 1. The Morgan fingerprint density at radius 2 is 1.84 bits per heavy atom. The zero-order valence-corrected chi connectivity index (χ0v) is 17.8. The van der Waals surface area contributed by atoms with Crippen molar-refractivity contribution in [2.24, 2.45) is 10.7 Å². The predicted octanol–water partition coefficient (Wildman–Crippen LogP) is 4.32. The highest BCUT2D eigenvalue weighted by Crippen LogP contribution is 2.24. The summed E-state index contributed by atoms with van der Waals surface area (Å²) in [5.74, 6) is 0.532. The number of hydrogen-bond acceptors (Lipinski definition) is 4. The number of benzene rings is 2. The maximum Gasteiger partial charge on any atom is 0.253 e. The topological polar surface area (TPSA) is 76.9 Å². The van der Waals surface area contributed by atoms with Gasteiger partial charge in [-0.25, -0.2) is 4.39 Å². The minimum absolute atomic E-state index is 0.142. The summed E-state index contributed by atoms with van der Waals surface area (Å²) < 4.78 is 25.4. The van der Waals surface area contributed by atoms with Gasteiger partial charge in [0.25, 0.3) is 5.88 Å². The lowest BCUT2D eigenvalue weighted by molar-refractivity contribution is -0.00126. The number of hydrogen-bond donors (Lipinski definition) is 1. The third-order valence-corrected chi connectivity index (χ3v) is 5.49. The first-order valence-electron chi connectivity index (χ1n) is 10.5. The van der Waals surface area contributed by atoms with Gasteiger partial charge in [-0.05, 0) is 43.9 Å². The maximum atomic E-state index is 14.6. The molecule has 0 radical (unpaired) electrons. The molecule has 1 aromatic heterocycles. The molecule has 0 amide bonds. The number of aromatic nitrogens is 1. The van der Waals surface area contributed by atoms with Crippen molar-refractivity contribution >= 4 is 11.8 Å². The molecule has 2 heterocycles. The van der Waals surface area contributed by atoms with Gasteiger partial charge in [0.05, 0.1) is 31.0 Å². The van der Waals surface area contributed by atoms with Gasteiger partial charge in [-0.2, -0.15) is 4.99 Å². The quantitative estimate of drug-likeness (QED) is 0.489. The van der Waals surface area contributed by atoms with E-state index in [2.05, 4.69) is 10.1 Å². The van der Waals surface area contributed by atoms with E-state index in [0.29, 0.717) is 43.5 Å². The molecule has 2 N–H and O–H groups in total. The predicted molar refractivity (Wildman–Crippen MR) is 119 cm³/mol. The highest BCUT2D eigenvalue weighted by molar-refractivity contribution is 5.81. The van der Waals surface area contributed by atoms with Crippen molar-refractivity contribution in [3.8, 4) is 11.1 Å². The fourth-order valence-corrected chi connectivity index (χ4v) is 3.94. The SMILES string of the molecule is CC1COCC(C)N1C(N)=Nc1cc(CCc2ccc(-c3ccccc3)c(F)c2)no1. The normalized spacial score (nSPS) is 19.6. The summed E-state index contributed by atoms with van der Waals surface area (Å²) in [6, 6.07) is 16.9. The summed E-state index contributed by atoms with van der Waals surface area (Å²) in [6.45, 7) is 5.32. The molecule has 2 atom stereocenters. The average molecular weight is 423 g/mol. The van der Waals surface area contributed by atoms with Crippen molar-refractivity contribution < 1.29 is 13.7 Å². The van der Waals surface area contributed by atoms with E-state index >= 15 is 0 Å². The van der Waals surface area contributed by atoms with E-state index in [1.54, 1.807) is 12.1 Å². The van der Waals surface area contributed by atoms with Crippen LogP contribution >= 0.6 is 0 Å². The molecular formula is C24H27FN4O2. The second kappa shape index (κ2) is 9.31. The Balaban J connectivity index is 1.40. The first-order chi connectivity index (χ1) is 15.0. The minimum atomic E-state index is -0.226. The molecule has 3 aromatic rings. The number of ether oxygens (including phenoxy) is 1. The van der Waals surface area contributed by atoms with Crippen LogP contribution in [0, 0.1) is 5.82 Å². The zero-order valence-electron chi connectivity index (χ0n) is 17.8. The van der Waals surface area contributed by atoms with Gasteiger partial charge in [0.2, 0.25) is 0 Å². The van der Waals surface area contributed by atoms with E-state index in [1.807, 2.05) is 61.2 Å². The lowest BCUT2D eigenvalue weighted by Gasteiger charge is -2.39. The van der Waals surface area contributed by atoms with E-state index in [4.69, 9.17) is 15.0 Å². The summed E-state index contributed by atoms with van der Waals surface area (Å²) in [7, 11) is 0. The molecule has 0 aliphatic carbocycles. The fourth-order valence-electron chi connectivity index (χ4n) is 3.94. The molecule has 4 rings (SSSR count). The Labute approximate surface area is 181 Å². The number of nitrogens with zero attached hydrogens (tertiary/aromatic N) is 3. The molecule has 1 aliphatic heterocycles. The van der Waals surface area contributed by atoms with Crippen molar-refractivity contribution in [3.63, 3.8) is 0 Å². The van der Waals surface area contributed by atoms with Crippen LogP contribution in [0.3, 0.4) is 0 Å². The van der Waals surface area contributed by atoms with Crippen LogP contribution in [0.25, 0.3) is 11.1 Å². The number of aryl methyl sites for hydroxylation is 2. The van der Waals surface area contributed by atoms with Gasteiger partial charge in [-0.1, -0.05) is 47.6 Å². The van der Waals surface area contributed by atoms with Gasteiger partial charge in [-0.3, -0.25) is 0 Å². The van der Waals surface area contributed by atoms with Gasteiger partial charge in [0.15, 0.2) is 5.96 Å². The van der Waals surface area contributed by atoms with Crippen LogP contribution in [0.1, 0.15) is 25.1 Å². The Hall–Kier alpha value is -3.19. The standard InChI is InChI=1S/C24H27FN4O2/c1-16-14-30-15-17(2)29(16)24(26)27-23-13-20(28-31-23)10-8-18-9-11-21(22(25)12-18)19-6-4-3-5-7-19/h3-7,9,11-13,16-17H,8,10,14-15H2,1-2H3,(H2,26,27). The van der Waals surface area contributed by atoms with E-state index in [9.17, 15) is 4.39 Å². The largest absolute Gasteiger partial charge is 0.377 e. The minimum Gasteiger partial charge on any atom is -0.377 e. The van der Waals surface area contributed by atoms with Crippen LogP contribution in [0.2, 0.25) is 0 Å². The smallest absolute Gasteiger partial charge is 0.253 e. The molecule has 0 spiro atoms. The van der Waals surface area contributed by atoms with E-state index < -0.39 is 0 Å². The molecule has 1 aliphatic rings. The number of nitrogens with two attached hydrogens (primary N) is 1. The summed E-state index contributed by atoms with van der Waals surface area (Å²) in [5.41, 5.74) is 9.33. The van der Waals surface area contributed by atoms with Crippen LogP contribution in [-0.2, 0) is 17.6 Å². The number of aliphatic imine (C=N–C) groups is 1. The Bertz CT molecular complexity index is 1040. The molecule has 1 saturated heterocycles. The third-order valence-electron chi connectivity index (χ3n) is 5.49. The number of halogens is 1. The van der Waals surface area contributed by atoms with E-state index in [0.717, 1.165) is 16.8 Å². The van der Waals surface area contributed by atoms with Crippen molar-refractivity contribution in [1.29, 1.82) is 0 Å². The molecule has 31 heavy (non-hydrogen) atoms. The molecule has 0 saturated carbocycles. The van der Waals surface area contributed by atoms with Gasteiger partial charge in [0.1, 0.15) is 5.82 Å². The first kappa shape index (κ1) is 21.1. The van der Waals surface area contributed by atoms with Crippen molar-refractivity contribution in [2.75, 3.05) is 13.2 Å². The lowest BCUT2D eigenvalue weighted by Crippen LogP contribution is -2.55. The molecule has 0 bridgehead atoms. The van der Waals surface area contributed by atoms with Gasteiger partial charge in [0, 0.05) is 11.6 Å². The maximum absolute atomic E-state index is 14.6. The van der Waals surface area contributed by atoms with Crippen LogP contribution in [0.5, 0.6) is 0 Å². The Morgan fingerprint density at radius 1 is 1.10 bits per heavy atom. The van der Waals surface area contributed by atoms with Gasteiger partial charge >= 0.3 is 0 Å². The fraction of sp³-hybridized carbons (Fsp3) is 0.333. The summed E-state index contributed by atoms with van der Waals surface area (Å²) in [4.78, 5) is 6.42. The average Bonchev–Trinajstić information content (AvgIpc) is 3.20. The van der Waals surface area contributed by atoms with E-state index in [-0.39, 0.29) is 17.9 Å². The third kappa shape index (κ3) is 4.94. The van der Waals surface area contributed by atoms with Crippen LogP contribution in [0.4, 0.5) is 10.3 Å². The zero-order chi connectivity index (χ0) is 21.8. The second-order valence-electron chi connectivity index (χ2n) is 7.95. The molecule has 162 valence electrons. The summed E-state index contributed by atoms with van der Waals surface area (Å²) in [5, 5.41) is 4.08. The van der Waals surface area contributed by atoms with E-state index in [1.165, 1.54) is 0 Å². The van der Waals surface area contributed by atoms with Crippen molar-refractivity contribution in [2.45, 2.75) is 38.8 Å². The van der Waals surface area contributed by atoms with Crippen LogP contribution in [-0.4, -0.2) is 41.3 Å². The number of guanidine groups is 1. The Kier molecular flexibility index (Phi) is 6.32. The summed E-state index contributed by atoms with van der Waals surface area (Å²) >= 11 is 0. The molecule has 2 unspecified atom stereocenters. The van der Waals surface area contributed by atoms with Crippen molar-refractivity contribution in [1.82, 2.24) is 10.1 Å². The Morgan fingerprint density at radius 3 is 2.55 bits per heavy atom. The highest BCUT2D eigenvalue weighted by Gasteiger charge is 2.27. The molecule has 1 fully saturated rings. The second-order valence-corrected chi connectivity index (χ2v) is 7.95. The lowest BCUT2D eigenvalue weighted by atomic mass is 10.0. The van der Waals surface area contributed by atoms with Crippen LogP contribution in [0.15, 0.2) is 64.1 Å². The van der Waals surface area contributed by atoms with Gasteiger partial charge in [-0.15, -0.1) is 0 Å². The molecule has 6 nitrogen and oxygen atoms in total. The van der Waals surface area contributed by atoms with Gasteiger partial charge < -0.3 is 19.9 Å². The summed E-state index contributed by atoms with van der Waals surface area (Å²) in [6.07, 6.45) is 1.27. The monoisotopic (exact) mass is 422 g/mol. The van der Waals surface area contributed by atoms with Crippen LogP contribution < -0.4 is 5.73 Å². The number of rotatable bonds is 5. The van der Waals surface area contributed by atoms with Crippen molar-refractivity contribution in [3.05, 3.63) is 71.7 Å². The highest BCUT2D eigenvalue weighted by atomic mass is 19.1. The molecular weight excluding hydrogens is 395 g/mol. The molecule has 2 aromatic carbocycles.